The Bertz CT molecular complexity index is 741. The Morgan fingerprint density at radius 2 is 1.50 bits per heavy atom. The fraction of sp³-hybridized carbons (Fsp3) is 0.400. The molecule has 1 aliphatic rings. The van der Waals surface area contributed by atoms with Crippen LogP contribution in [-0.2, 0) is 5.60 Å². The molecular formula is C20H24O2. The quantitative estimate of drug-likeness (QED) is 0.849. The van der Waals surface area contributed by atoms with Crippen molar-refractivity contribution in [3.63, 3.8) is 0 Å². The van der Waals surface area contributed by atoms with E-state index in [0.717, 1.165) is 28.0 Å². The van der Waals surface area contributed by atoms with E-state index < -0.39 is 11.2 Å². The first-order valence-electron chi connectivity index (χ1n) is 7.78. The van der Waals surface area contributed by atoms with Crippen molar-refractivity contribution in [3.8, 4) is 5.75 Å². The molecule has 0 saturated carbocycles. The SMILES string of the molecule is Cc1ccc(C2(O)c3c(C)cc(C)c(C)c3OC2(C)C)cc1. The fourth-order valence-electron chi connectivity index (χ4n) is 3.54. The third-order valence-electron chi connectivity index (χ3n) is 5.05. The number of aliphatic hydroxyl groups is 1. The molecule has 2 aromatic rings. The van der Waals surface area contributed by atoms with E-state index in [4.69, 9.17) is 4.74 Å². The van der Waals surface area contributed by atoms with Crippen LogP contribution in [0.1, 0.15) is 47.2 Å². The largest absolute Gasteiger partial charge is 0.483 e. The van der Waals surface area contributed by atoms with Crippen LogP contribution in [0.3, 0.4) is 0 Å². The van der Waals surface area contributed by atoms with Gasteiger partial charge in [0.2, 0.25) is 0 Å². The van der Waals surface area contributed by atoms with Crippen LogP contribution in [0.25, 0.3) is 0 Å². The average Bonchev–Trinajstić information content (AvgIpc) is 2.66. The average molecular weight is 296 g/mol. The Morgan fingerprint density at radius 3 is 2.09 bits per heavy atom. The minimum atomic E-state index is -1.14. The van der Waals surface area contributed by atoms with E-state index in [1.165, 1.54) is 11.1 Å². The summed E-state index contributed by atoms with van der Waals surface area (Å²) in [6, 6.07) is 10.2. The van der Waals surface area contributed by atoms with E-state index >= 15 is 0 Å². The number of aryl methyl sites for hydroxylation is 3. The minimum absolute atomic E-state index is 0.714. The molecule has 1 aliphatic heterocycles. The molecule has 0 aliphatic carbocycles. The third-order valence-corrected chi connectivity index (χ3v) is 5.05. The van der Waals surface area contributed by atoms with Gasteiger partial charge in [-0.15, -0.1) is 0 Å². The molecule has 0 fully saturated rings. The Labute approximate surface area is 132 Å². The van der Waals surface area contributed by atoms with E-state index in [2.05, 4.69) is 33.8 Å². The van der Waals surface area contributed by atoms with Crippen molar-refractivity contribution in [2.75, 3.05) is 0 Å². The highest BCUT2D eigenvalue weighted by atomic mass is 16.5. The van der Waals surface area contributed by atoms with Gasteiger partial charge in [0, 0.05) is 5.56 Å². The Kier molecular flexibility index (Phi) is 3.16. The first-order chi connectivity index (χ1) is 10.2. The van der Waals surface area contributed by atoms with Gasteiger partial charge in [0.25, 0.3) is 0 Å². The molecule has 0 aromatic heterocycles. The maximum absolute atomic E-state index is 11.7. The number of ether oxygens (including phenoxy) is 1. The number of benzene rings is 2. The molecule has 0 bridgehead atoms. The minimum Gasteiger partial charge on any atom is -0.483 e. The van der Waals surface area contributed by atoms with E-state index in [9.17, 15) is 5.11 Å². The van der Waals surface area contributed by atoms with Crippen molar-refractivity contribution in [2.24, 2.45) is 0 Å². The molecule has 0 saturated heterocycles. The first kappa shape index (κ1) is 15.1. The van der Waals surface area contributed by atoms with Gasteiger partial charge in [-0.05, 0) is 63.8 Å². The van der Waals surface area contributed by atoms with Crippen molar-refractivity contribution in [1.82, 2.24) is 0 Å². The van der Waals surface area contributed by atoms with Crippen LogP contribution in [0.4, 0.5) is 0 Å². The Hall–Kier alpha value is -1.80. The van der Waals surface area contributed by atoms with Gasteiger partial charge in [0.15, 0.2) is 5.60 Å². The van der Waals surface area contributed by atoms with Gasteiger partial charge in [-0.3, -0.25) is 0 Å². The van der Waals surface area contributed by atoms with Crippen molar-refractivity contribution in [1.29, 1.82) is 0 Å². The monoisotopic (exact) mass is 296 g/mol. The smallest absolute Gasteiger partial charge is 0.157 e. The van der Waals surface area contributed by atoms with Gasteiger partial charge in [-0.25, -0.2) is 0 Å². The van der Waals surface area contributed by atoms with E-state index in [1.54, 1.807) is 0 Å². The summed E-state index contributed by atoms with van der Waals surface area (Å²) in [4.78, 5) is 0. The Morgan fingerprint density at radius 1 is 0.909 bits per heavy atom. The molecule has 2 nitrogen and oxygen atoms in total. The van der Waals surface area contributed by atoms with Crippen LogP contribution in [-0.4, -0.2) is 10.7 Å². The first-order valence-corrected chi connectivity index (χ1v) is 7.78. The number of hydrogen-bond donors (Lipinski definition) is 1. The van der Waals surface area contributed by atoms with Gasteiger partial charge in [-0.1, -0.05) is 35.9 Å². The normalized spacial score (nSPS) is 22.3. The maximum Gasteiger partial charge on any atom is 0.157 e. The Balaban J connectivity index is 2.34. The van der Waals surface area contributed by atoms with Gasteiger partial charge in [0.1, 0.15) is 11.4 Å². The van der Waals surface area contributed by atoms with Gasteiger partial charge in [0.05, 0.1) is 0 Å². The number of rotatable bonds is 1. The summed E-state index contributed by atoms with van der Waals surface area (Å²) in [5.74, 6) is 0.838. The predicted molar refractivity (Wildman–Crippen MR) is 89.5 cm³/mol. The van der Waals surface area contributed by atoms with Crippen LogP contribution < -0.4 is 4.74 Å². The molecule has 2 aromatic carbocycles. The highest BCUT2D eigenvalue weighted by Crippen LogP contribution is 2.54. The number of fused-ring (bicyclic) bond motifs is 1. The molecule has 3 rings (SSSR count). The summed E-state index contributed by atoms with van der Waals surface area (Å²) < 4.78 is 6.24. The second-order valence-corrected chi connectivity index (χ2v) is 7.03. The van der Waals surface area contributed by atoms with Crippen LogP contribution in [0, 0.1) is 27.7 Å². The zero-order valence-corrected chi connectivity index (χ0v) is 14.2. The highest BCUT2D eigenvalue weighted by molar-refractivity contribution is 5.60. The third kappa shape index (κ3) is 1.83. The summed E-state index contributed by atoms with van der Waals surface area (Å²) in [5, 5.41) is 11.7. The van der Waals surface area contributed by atoms with Crippen molar-refractivity contribution < 1.29 is 9.84 Å². The van der Waals surface area contributed by atoms with Crippen molar-refractivity contribution in [2.45, 2.75) is 52.7 Å². The van der Waals surface area contributed by atoms with Crippen molar-refractivity contribution in [3.05, 3.63) is 63.7 Å². The van der Waals surface area contributed by atoms with Crippen LogP contribution in [0.5, 0.6) is 5.75 Å². The molecule has 1 heterocycles. The number of hydrogen-bond acceptors (Lipinski definition) is 2. The fourth-order valence-corrected chi connectivity index (χ4v) is 3.54. The molecule has 2 heteroatoms. The second kappa shape index (κ2) is 4.60. The topological polar surface area (TPSA) is 29.5 Å². The molecule has 22 heavy (non-hydrogen) atoms. The summed E-state index contributed by atoms with van der Waals surface area (Å²) in [5.41, 5.74) is 4.49. The molecular weight excluding hydrogens is 272 g/mol. The molecule has 1 atom stereocenters. The molecule has 116 valence electrons. The lowest BCUT2D eigenvalue weighted by Crippen LogP contribution is -2.47. The summed E-state index contributed by atoms with van der Waals surface area (Å²) >= 11 is 0. The van der Waals surface area contributed by atoms with Crippen LogP contribution in [0.2, 0.25) is 0 Å². The zero-order valence-electron chi connectivity index (χ0n) is 14.2. The van der Waals surface area contributed by atoms with E-state index in [0.29, 0.717) is 0 Å². The highest BCUT2D eigenvalue weighted by Gasteiger charge is 2.56. The molecule has 0 radical (unpaired) electrons. The standard InChI is InChI=1S/C20H24O2/c1-12-7-9-16(10-8-12)20(21)17-14(3)11-13(2)15(4)18(17)22-19(20,5)6/h7-11,21H,1-6H3. The van der Waals surface area contributed by atoms with E-state index in [1.807, 2.05) is 38.1 Å². The maximum atomic E-state index is 11.7. The van der Waals surface area contributed by atoms with E-state index in [-0.39, 0.29) is 0 Å². The van der Waals surface area contributed by atoms with Gasteiger partial charge >= 0.3 is 0 Å². The lowest BCUT2D eigenvalue weighted by Gasteiger charge is -2.36. The molecule has 1 N–H and O–H groups in total. The molecule has 1 unspecified atom stereocenters. The summed E-state index contributed by atoms with van der Waals surface area (Å²) in [7, 11) is 0. The summed E-state index contributed by atoms with van der Waals surface area (Å²) in [6.45, 7) is 12.2. The second-order valence-electron chi connectivity index (χ2n) is 7.03. The van der Waals surface area contributed by atoms with Gasteiger partial charge in [-0.2, -0.15) is 0 Å². The molecule has 0 spiro atoms. The predicted octanol–water partition coefficient (Wildman–Crippen LogP) is 4.33. The lowest BCUT2D eigenvalue weighted by molar-refractivity contribution is -0.0645. The summed E-state index contributed by atoms with van der Waals surface area (Å²) in [6.07, 6.45) is 0. The van der Waals surface area contributed by atoms with Gasteiger partial charge < -0.3 is 9.84 Å². The lowest BCUT2D eigenvalue weighted by atomic mass is 9.74. The molecule has 0 amide bonds. The van der Waals surface area contributed by atoms with Crippen LogP contribution in [0.15, 0.2) is 30.3 Å². The van der Waals surface area contributed by atoms with Crippen LogP contribution >= 0.6 is 0 Å². The van der Waals surface area contributed by atoms with Crippen molar-refractivity contribution >= 4 is 0 Å². The zero-order chi connectivity index (χ0) is 16.3.